The van der Waals surface area contributed by atoms with Gasteiger partial charge in [0.05, 0.1) is 18.9 Å². The molecule has 0 unspecified atom stereocenters. The Morgan fingerprint density at radius 1 is 1.33 bits per heavy atom. The van der Waals surface area contributed by atoms with E-state index in [0.717, 1.165) is 0 Å². The van der Waals surface area contributed by atoms with Crippen LogP contribution >= 0.6 is 0 Å². The van der Waals surface area contributed by atoms with Crippen LogP contribution in [-0.4, -0.2) is 23.1 Å². The van der Waals surface area contributed by atoms with Crippen molar-refractivity contribution < 1.29 is 24.5 Å². The molecule has 0 fully saturated rings. The lowest BCUT2D eigenvalue weighted by atomic mass is 10.3. The highest BCUT2D eigenvalue weighted by Gasteiger charge is 2.08. The molecule has 0 aromatic carbocycles. The van der Waals surface area contributed by atoms with Gasteiger partial charge in [-0.3, -0.25) is 9.68 Å². The second-order valence-electron chi connectivity index (χ2n) is 2.49. The summed E-state index contributed by atoms with van der Waals surface area (Å²) < 4.78 is 0. The van der Waals surface area contributed by atoms with E-state index in [-0.39, 0.29) is 18.9 Å². The molecule has 0 aromatic rings. The fourth-order valence-electron chi connectivity index (χ4n) is 0.401. The summed E-state index contributed by atoms with van der Waals surface area (Å²) in [5.41, 5.74) is 0. The molecular weight excluding hydrogens is 164 g/mol. The summed E-state index contributed by atoms with van der Waals surface area (Å²) in [6.45, 7) is 3.40. The van der Waals surface area contributed by atoms with E-state index in [4.69, 9.17) is 5.11 Å². The molecule has 70 valence electrons. The highest BCUT2D eigenvalue weighted by molar-refractivity contribution is 5.76. The van der Waals surface area contributed by atoms with E-state index >= 15 is 0 Å². The molecular formula is C7H12O5. The van der Waals surface area contributed by atoms with E-state index in [1.807, 2.05) is 0 Å². The van der Waals surface area contributed by atoms with Crippen molar-refractivity contribution in [3.8, 4) is 0 Å². The zero-order chi connectivity index (χ0) is 9.56. The molecule has 0 heterocycles. The largest absolute Gasteiger partial charge is 0.481 e. The lowest BCUT2D eigenvalue weighted by Crippen LogP contribution is -2.11. The molecule has 0 aliphatic heterocycles. The monoisotopic (exact) mass is 176 g/mol. The van der Waals surface area contributed by atoms with Crippen molar-refractivity contribution in [3.63, 3.8) is 0 Å². The summed E-state index contributed by atoms with van der Waals surface area (Å²) in [6.07, 6.45) is -0.610. The third kappa shape index (κ3) is 7.01. The molecule has 0 aliphatic carbocycles. The van der Waals surface area contributed by atoms with Gasteiger partial charge in [-0.25, -0.2) is 4.79 Å². The Morgan fingerprint density at radius 3 is 2.33 bits per heavy atom. The average molecular weight is 176 g/mol. The first-order valence-electron chi connectivity index (χ1n) is 3.60. The van der Waals surface area contributed by atoms with Crippen LogP contribution in [0.25, 0.3) is 0 Å². The summed E-state index contributed by atoms with van der Waals surface area (Å²) in [5.74, 6) is -1.69. The molecule has 0 rings (SSSR count). The Morgan fingerprint density at radius 2 is 1.92 bits per heavy atom. The molecule has 0 amide bonds. The predicted molar refractivity (Wildman–Crippen MR) is 39.2 cm³/mol. The van der Waals surface area contributed by atoms with E-state index < -0.39 is 11.9 Å². The smallest absolute Gasteiger partial charge is 0.342 e. The van der Waals surface area contributed by atoms with Crippen LogP contribution in [-0.2, 0) is 19.4 Å². The molecule has 12 heavy (non-hydrogen) atoms. The van der Waals surface area contributed by atoms with Gasteiger partial charge in [0.1, 0.15) is 0 Å². The number of rotatable bonds is 5. The first kappa shape index (κ1) is 10.9. The van der Waals surface area contributed by atoms with Gasteiger partial charge in [-0.05, 0) is 13.8 Å². The fraction of sp³-hybridized carbons (Fsp3) is 0.714. The van der Waals surface area contributed by atoms with Crippen LogP contribution in [0, 0.1) is 0 Å². The predicted octanol–water partition coefficient (Wildman–Crippen LogP) is 0.734. The molecule has 5 nitrogen and oxygen atoms in total. The van der Waals surface area contributed by atoms with Gasteiger partial charge >= 0.3 is 11.9 Å². The minimum absolute atomic E-state index is 0.165. The summed E-state index contributed by atoms with van der Waals surface area (Å²) in [6, 6.07) is 0. The molecule has 0 radical (unpaired) electrons. The van der Waals surface area contributed by atoms with Crippen molar-refractivity contribution in [1.82, 2.24) is 0 Å². The molecule has 0 aromatic heterocycles. The maximum atomic E-state index is 10.6. The maximum Gasteiger partial charge on any atom is 0.342 e. The lowest BCUT2D eigenvalue weighted by Gasteiger charge is -2.04. The summed E-state index contributed by atoms with van der Waals surface area (Å²) in [5, 5.41) is 8.19. The van der Waals surface area contributed by atoms with E-state index in [2.05, 4.69) is 9.78 Å². The van der Waals surface area contributed by atoms with Gasteiger partial charge in [0.2, 0.25) is 0 Å². The van der Waals surface area contributed by atoms with Gasteiger partial charge in [-0.1, -0.05) is 0 Å². The van der Waals surface area contributed by atoms with Crippen molar-refractivity contribution in [1.29, 1.82) is 0 Å². The van der Waals surface area contributed by atoms with Crippen molar-refractivity contribution in [2.24, 2.45) is 0 Å². The van der Waals surface area contributed by atoms with Crippen LogP contribution in [0.5, 0.6) is 0 Å². The van der Waals surface area contributed by atoms with Crippen molar-refractivity contribution in [2.45, 2.75) is 32.8 Å². The van der Waals surface area contributed by atoms with Crippen LogP contribution in [0.4, 0.5) is 0 Å². The third-order valence-electron chi connectivity index (χ3n) is 0.876. The molecule has 0 saturated heterocycles. The van der Waals surface area contributed by atoms with Crippen molar-refractivity contribution >= 4 is 11.9 Å². The van der Waals surface area contributed by atoms with Gasteiger partial charge in [-0.15, -0.1) is 0 Å². The molecule has 0 atom stereocenters. The summed E-state index contributed by atoms with van der Waals surface area (Å²) in [7, 11) is 0. The summed E-state index contributed by atoms with van der Waals surface area (Å²) in [4.78, 5) is 29.4. The van der Waals surface area contributed by atoms with Crippen molar-refractivity contribution in [2.75, 3.05) is 0 Å². The highest BCUT2D eigenvalue weighted by atomic mass is 17.2. The maximum absolute atomic E-state index is 10.6. The first-order chi connectivity index (χ1) is 5.52. The SMILES string of the molecule is CC(C)OOC(=O)CCC(=O)O. The van der Waals surface area contributed by atoms with Gasteiger partial charge in [-0.2, -0.15) is 4.89 Å². The minimum Gasteiger partial charge on any atom is -0.481 e. The zero-order valence-corrected chi connectivity index (χ0v) is 7.07. The Hall–Kier alpha value is -1.10. The van der Waals surface area contributed by atoms with Gasteiger partial charge < -0.3 is 5.11 Å². The number of carboxylic acid groups (broad SMARTS) is 1. The molecule has 0 spiro atoms. The number of hydrogen-bond acceptors (Lipinski definition) is 4. The van der Waals surface area contributed by atoms with Crippen molar-refractivity contribution in [3.05, 3.63) is 0 Å². The quantitative estimate of drug-likeness (QED) is 0.494. The Labute approximate surface area is 70.2 Å². The van der Waals surface area contributed by atoms with Gasteiger partial charge in [0, 0.05) is 0 Å². The van der Waals surface area contributed by atoms with E-state index in [1.54, 1.807) is 13.8 Å². The number of aliphatic carboxylic acids is 1. The Bertz CT molecular complexity index is 163. The van der Waals surface area contributed by atoms with Gasteiger partial charge in [0.25, 0.3) is 0 Å². The third-order valence-corrected chi connectivity index (χ3v) is 0.876. The van der Waals surface area contributed by atoms with Crippen LogP contribution < -0.4 is 0 Å². The number of carbonyl (C=O) groups excluding carboxylic acids is 1. The van der Waals surface area contributed by atoms with Crippen LogP contribution in [0.3, 0.4) is 0 Å². The normalized spacial score (nSPS) is 9.92. The molecule has 5 heteroatoms. The van der Waals surface area contributed by atoms with Crippen LogP contribution in [0.15, 0.2) is 0 Å². The molecule has 0 aliphatic rings. The zero-order valence-electron chi connectivity index (χ0n) is 7.07. The Balaban J connectivity index is 3.40. The van der Waals surface area contributed by atoms with E-state index in [0.29, 0.717) is 0 Å². The number of carboxylic acids is 1. The topological polar surface area (TPSA) is 72.8 Å². The standard InChI is InChI=1S/C7H12O5/c1-5(2)11-12-7(10)4-3-6(8)9/h5H,3-4H2,1-2H3,(H,8,9). The average Bonchev–Trinajstić information content (AvgIpc) is 1.96. The van der Waals surface area contributed by atoms with E-state index in [9.17, 15) is 9.59 Å². The molecule has 0 bridgehead atoms. The summed E-state index contributed by atoms with van der Waals surface area (Å²) >= 11 is 0. The van der Waals surface area contributed by atoms with E-state index in [1.165, 1.54) is 0 Å². The Kier molecular flexibility index (Phi) is 5.03. The number of carbonyl (C=O) groups is 2. The number of hydrogen-bond donors (Lipinski definition) is 1. The fourth-order valence-corrected chi connectivity index (χ4v) is 0.401. The van der Waals surface area contributed by atoms with Crippen LogP contribution in [0.1, 0.15) is 26.7 Å². The molecule has 0 saturated carbocycles. The lowest BCUT2D eigenvalue weighted by molar-refractivity contribution is -0.291. The highest BCUT2D eigenvalue weighted by Crippen LogP contribution is 1.96. The van der Waals surface area contributed by atoms with Crippen LogP contribution in [0.2, 0.25) is 0 Å². The second kappa shape index (κ2) is 5.54. The molecule has 1 N–H and O–H groups in total. The minimum atomic E-state index is -1.03. The van der Waals surface area contributed by atoms with Gasteiger partial charge in [0.15, 0.2) is 0 Å². The second-order valence-corrected chi connectivity index (χ2v) is 2.49. The first-order valence-corrected chi connectivity index (χ1v) is 3.60.